The number of allylic oxidation sites excluding steroid dienone is 1. The Hall–Kier alpha value is -4.34. The zero-order valence-corrected chi connectivity index (χ0v) is 22.0. The number of aromatic nitrogens is 1. The fraction of sp³-hybridized carbons (Fsp3) is 0.300. The molecule has 0 saturated heterocycles. The Bertz CT molecular complexity index is 1510. The Kier molecular flexibility index (Phi) is 7.51. The number of halogens is 3. The van der Waals surface area contributed by atoms with Crippen LogP contribution in [0.3, 0.4) is 0 Å². The molecular weight excluding hydrogens is 523 g/mol. The summed E-state index contributed by atoms with van der Waals surface area (Å²) in [6, 6.07) is 16.0. The number of hydrogen-bond donors (Lipinski definition) is 0. The second kappa shape index (κ2) is 11.0. The highest BCUT2D eigenvalue weighted by Crippen LogP contribution is 2.44. The summed E-state index contributed by atoms with van der Waals surface area (Å²) in [5, 5.41) is 6.09. The van der Waals surface area contributed by atoms with Crippen LogP contribution < -0.4 is 15.0 Å². The lowest BCUT2D eigenvalue weighted by Crippen LogP contribution is -2.36. The number of carbonyl (C=O) groups excluding carboxylic acids is 1. The zero-order valence-electron chi connectivity index (χ0n) is 22.0. The molecule has 2 atom stereocenters. The standard InChI is InChI=1S/C30H28F3N3O4/c1-39-23-11-6-19(7-12-23)16-21-4-3-5-25-28(21)34-36(29(25)20-8-13-24(40-2)14-9-20)27(38)18-35-17-22(30(31,32)33)10-15-26(35)37/h6-17,25,29H,3-5,18H2,1-2H3/b21-16-/t25-,29+/m1/s1. The molecular formula is C30H28F3N3O4. The van der Waals surface area contributed by atoms with Crippen molar-refractivity contribution >= 4 is 17.7 Å². The molecule has 1 aliphatic heterocycles. The van der Waals surface area contributed by atoms with E-state index in [1.54, 1.807) is 26.4 Å². The van der Waals surface area contributed by atoms with Crippen LogP contribution in [0.2, 0.25) is 0 Å². The monoisotopic (exact) mass is 551 g/mol. The van der Waals surface area contributed by atoms with Crippen LogP contribution in [-0.4, -0.2) is 35.4 Å². The van der Waals surface area contributed by atoms with Crippen molar-refractivity contribution < 1.29 is 27.4 Å². The highest BCUT2D eigenvalue weighted by atomic mass is 19.4. The van der Waals surface area contributed by atoms with E-state index in [0.29, 0.717) is 18.0 Å². The lowest BCUT2D eigenvalue weighted by Gasteiger charge is -2.30. The van der Waals surface area contributed by atoms with Crippen molar-refractivity contribution in [2.75, 3.05) is 14.2 Å². The van der Waals surface area contributed by atoms with E-state index < -0.39 is 35.8 Å². The first-order chi connectivity index (χ1) is 19.2. The predicted octanol–water partition coefficient (Wildman–Crippen LogP) is 5.71. The number of methoxy groups -OCH3 is 2. The molecule has 5 rings (SSSR count). The van der Waals surface area contributed by atoms with Crippen LogP contribution in [-0.2, 0) is 17.5 Å². The smallest absolute Gasteiger partial charge is 0.417 e. The minimum absolute atomic E-state index is 0.117. The Morgan fingerprint density at radius 3 is 2.27 bits per heavy atom. The number of nitrogens with zero attached hydrogens (tertiary/aromatic N) is 3. The van der Waals surface area contributed by atoms with Gasteiger partial charge in [0.25, 0.3) is 11.5 Å². The van der Waals surface area contributed by atoms with Crippen LogP contribution in [0, 0.1) is 5.92 Å². The number of pyridine rings is 1. The first kappa shape index (κ1) is 27.2. The zero-order chi connectivity index (χ0) is 28.4. The summed E-state index contributed by atoms with van der Waals surface area (Å²) in [6.45, 7) is -0.573. The van der Waals surface area contributed by atoms with Crippen molar-refractivity contribution in [2.24, 2.45) is 11.0 Å². The molecule has 0 radical (unpaired) electrons. The summed E-state index contributed by atoms with van der Waals surface area (Å²) in [7, 11) is 3.16. The molecule has 0 unspecified atom stereocenters. The van der Waals surface area contributed by atoms with E-state index in [1.165, 1.54) is 5.01 Å². The first-order valence-electron chi connectivity index (χ1n) is 12.8. The molecule has 208 valence electrons. The molecule has 1 amide bonds. The average molecular weight is 552 g/mol. The number of hydrogen-bond acceptors (Lipinski definition) is 5. The third-order valence-corrected chi connectivity index (χ3v) is 7.29. The van der Waals surface area contributed by atoms with Gasteiger partial charge in [0.1, 0.15) is 18.0 Å². The highest BCUT2D eigenvalue weighted by molar-refractivity contribution is 6.08. The number of carbonyl (C=O) groups is 1. The van der Waals surface area contributed by atoms with E-state index >= 15 is 0 Å². The highest BCUT2D eigenvalue weighted by Gasteiger charge is 2.44. The number of alkyl halides is 3. The molecule has 10 heteroatoms. The van der Waals surface area contributed by atoms with Crippen molar-refractivity contribution in [3.63, 3.8) is 0 Å². The molecule has 0 spiro atoms. The second-order valence-corrected chi connectivity index (χ2v) is 9.76. The molecule has 1 aliphatic carbocycles. The van der Waals surface area contributed by atoms with E-state index in [2.05, 4.69) is 0 Å². The van der Waals surface area contributed by atoms with Gasteiger partial charge in [-0.3, -0.25) is 9.59 Å². The van der Waals surface area contributed by atoms with Gasteiger partial charge in [0.05, 0.1) is 31.5 Å². The number of rotatable bonds is 6. The Morgan fingerprint density at radius 1 is 1.00 bits per heavy atom. The Balaban J connectivity index is 1.52. The molecule has 2 heterocycles. The first-order valence-corrected chi connectivity index (χ1v) is 12.8. The predicted molar refractivity (Wildman–Crippen MR) is 144 cm³/mol. The fourth-order valence-electron chi connectivity index (χ4n) is 5.28. The average Bonchev–Trinajstić information content (AvgIpc) is 3.35. The van der Waals surface area contributed by atoms with Crippen LogP contribution in [0.25, 0.3) is 6.08 Å². The maximum Gasteiger partial charge on any atom is 0.417 e. The summed E-state index contributed by atoms with van der Waals surface area (Å²) in [5.74, 6) is 0.699. The van der Waals surface area contributed by atoms with Crippen LogP contribution in [0.5, 0.6) is 11.5 Å². The third-order valence-electron chi connectivity index (χ3n) is 7.29. The lowest BCUT2D eigenvalue weighted by atomic mass is 9.77. The summed E-state index contributed by atoms with van der Waals surface area (Å²) >= 11 is 0. The van der Waals surface area contributed by atoms with Gasteiger partial charge in [-0.1, -0.05) is 24.3 Å². The minimum Gasteiger partial charge on any atom is -0.497 e. The van der Waals surface area contributed by atoms with Crippen LogP contribution in [0.4, 0.5) is 13.2 Å². The van der Waals surface area contributed by atoms with E-state index in [0.717, 1.165) is 58.1 Å². The molecule has 1 saturated carbocycles. The molecule has 40 heavy (non-hydrogen) atoms. The van der Waals surface area contributed by atoms with E-state index in [1.807, 2.05) is 42.5 Å². The maximum absolute atomic E-state index is 13.6. The summed E-state index contributed by atoms with van der Waals surface area (Å²) in [5.41, 5.74) is 1.84. The van der Waals surface area contributed by atoms with Crippen LogP contribution in [0.1, 0.15) is 42.0 Å². The number of amides is 1. The van der Waals surface area contributed by atoms with Gasteiger partial charge in [0.15, 0.2) is 0 Å². The van der Waals surface area contributed by atoms with Crippen LogP contribution >= 0.6 is 0 Å². The Labute approximate surface area is 229 Å². The van der Waals surface area contributed by atoms with Crippen molar-refractivity contribution in [3.8, 4) is 11.5 Å². The van der Waals surface area contributed by atoms with Crippen molar-refractivity contribution in [3.05, 3.63) is 99.5 Å². The normalized spacial score (nSPS) is 19.8. The van der Waals surface area contributed by atoms with Gasteiger partial charge in [-0.25, -0.2) is 5.01 Å². The number of benzene rings is 2. The van der Waals surface area contributed by atoms with E-state index in [9.17, 15) is 22.8 Å². The van der Waals surface area contributed by atoms with Gasteiger partial charge < -0.3 is 14.0 Å². The van der Waals surface area contributed by atoms with Gasteiger partial charge >= 0.3 is 6.18 Å². The quantitative estimate of drug-likeness (QED) is 0.394. The van der Waals surface area contributed by atoms with Crippen molar-refractivity contribution in [2.45, 2.75) is 38.0 Å². The van der Waals surface area contributed by atoms with Gasteiger partial charge in [-0.15, -0.1) is 0 Å². The number of fused-ring (bicyclic) bond motifs is 1. The van der Waals surface area contributed by atoms with Gasteiger partial charge in [-0.05, 0) is 72.4 Å². The molecule has 2 aliphatic rings. The summed E-state index contributed by atoms with van der Waals surface area (Å²) < 4.78 is 51.2. The minimum atomic E-state index is -4.64. The summed E-state index contributed by atoms with van der Waals surface area (Å²) in [6.07, 6.45) is 0.505. The Morgan fingerprint density at radius 2 is 1.65 bits per heavy atom. The molecule has 1 fully saturated rings. The molecule has 0 bridgehead atoms. The van der Waals surface area contributed by atoms with Crippen molar-refractivity contribution in [1.82, 2.24) is 9.58 Å². The molecule has 1 aromatic heterocycles. The maximum atomic E-state index is 13.6. The van der Waals surface area contributed by atoms with Gasteiger partial charge in [0, 0.05) is 18.2 Å². The van der Waals surface area contributed by atoms with E-state index in [4.69, 9.17) is 14.6 Å². The van der Waals surface area contributed by atoms with Gasteiger partial charge in [0.2, 0.25) is 0 Å². The molecule has 7 nitrogen and oxygen atoms in total. The molecule has 0 N–H and O–H groups in total. The SMILES string of the molecule is COc1ccc(/C=C2/CCC[C@@H]3C2=NN(C(=O)Cn2cc(C(F)(F)F)ccc2=O)[C@H]3c2ccc(OC)cc2)cc1. The topological polar surface area (TPSA) is 73.1 Å². The van der Waals surface area contributed by atoms with Crippen molar-refractivity contribution in [1.29, 1.82) is 0 Å². The number of ether oxygens (including phenoxy) is 2. The largest absolute Gasteiger partial charge is 0.497 e. The van der Waals surface area contributed by atoms with Gasteiger partial charge in [-0.2, -0.15) is 18.3 Å². The molecule has 3 aromatic rings. The lowest BCUT2D eigenvalue weighted by molar-refractivity contribution is -0.139. The fourth-order valence-corrected chi connectivity index (χ4v) is 5.28. The third kappa shape index (κ3) is 5.52. The number of hydrazone groups is 1. The molecule has 2 aromatic carbocycles. The second-order valence-electron chi connectivity index (χ2n) is 9.76. The van der Waals surface area contributed by atoms with Crippen LogP contribution in [0.15, 0.2) is 82.3 Å². The summed E-state index contributed by atoms with van der Waals surface area (Å²) in [4.78, 5) is 26.0. The van der Waals surface area contributed by atoms with E-state index in [-0.39, 0.29) is 5.92 Å².